The van der Waals surface area contributed by atoms with Gasteiger partial charge in [-0.3, -0.25) is 4.90 Å². The van der Waals surface area contributed by atoms with Crippen LogP contribution in [0.15, 0.2) is 42.9 Å². The van der Waals surface area contributed by atoms with Crippen molar-refractivity contribution in [3.8, 4) is 0 Å². The molecule has 20 heavy (non-hydrogen) atoms. The standard InChI is InChI=1S/C16H18FN3/c17-15-5-1-3-13(9-15)10-20-8-2-4-14(11-20)16-6-7-18-12-19-16/h1,3,5-7,9,12,14H,2,4,8,10-11H2. The van der Waals surface area contributed by atoms with Crippen LogP contribution in [0.1, 0.15) is 30.0 Å². The second-order valence-corrected chi connectivity index (χ2v) is 5.34. The van der Waals surface area contributed by atoms with E-state index in [4.69, 9.17) is 0 Å². The Balaban J connectivity index is 1.66. The summed E-state index contributed by atoms with van der Waals surface area (Å²) in [7, 11) is 0. The molecule has 0 bridgehead atoms. The molecule has 1 saturated heterocycles. The molecule has 0 N–H and O–H groups in total. The van der Waals surface area contributed by atoms with Crippen molar-refractivity contribution < 1.29 is 4.39 Å². The average molecular weight is 271 g/mol. The molecule has 1 aliphatic rings. The van der Waals surface area contributed by atoms with Crippen molar-refractivity contribution in [2.45, 2.75) is 25.3 Å². The Kier molecular flexibility index (Phi) is 4.02. The van der Waals surface area contributed by atoms with Crippen molar-refractivity contribution in [2.24, 2.45) is 0 Å². The van der Waals surface area contributed by atoms with E-state index in [1.807, 2.05) is 12.1 Å². The third kappa shape index (κ3) is 3.20. The molecule has 1 fully saturated rings. The lowest BCUT2D eigenvalue weighted by molar-refractivity contribution is 0.198. The zero-order chi connectivity index (χ0) is 13.8. The maximum absolute atomic E-state index is 13.2. The summed E-state index contributed by atoms with van der Waals surface area (Å²) in [6.07, 6.45) is 5.73. The van der Waals surface area contributed by atoms with Crippen LogP contribution in [0.3, 0.4) is 0 Å². The number of aromatic nitrogens is 2. The van der Waals surface area contributed by atoms with Crippen LogP contribution in [-0.4, -0.2) is 28.0 Å². The van der Waals surface area contributed by atoms with Crippen molar-refractivity contribution in [3.63, 3.8) is 0 Å². The highest BCUT2D eigenvalue weighted by Crippen LogP contribution is 2.26. The molecule has 0 spiro atoms. The second kappa shape index (κ2) is 6.09. The first-order chi connectivity index (χ1) is 9.81. The zero-order valence-corrected chi connectivity index (χ0v) is 11.4. The van der Waals surface area contributed by atoms with Gasteiger partial charge >= 0.3 is 0 Å². The zero-order valence-electron chi connectivity index (χ0n) is 11.4. The molecule has 4 heteroatoms. The van der Waals surface area contributed by atoms with Crippen LogP contribution in [0.2, 0.25) is 0 Å². The Morgan fingerprint density at radius 3 is 3.05 bits per heavy atom. The van der Waals surface area contributed by atoms with E-state index in [1.165, 1.54) is 6.07 Å². The van der Waals surface area contributed by atoms with Gasteiger partial charge in [0.05, 0.1) is 0 Å². The normalized spacial score (nSPS) is 19.9. The molecule has 2 heterocycles. The van der Waals surface area contributed by atoms with Gasteiger partial charge in [0, 0.05) is 30.9 Å². The number of nitrogens with zero attached hydrogens (tertiary/aromatic N) is 3. The summed E-state index contributed by atoms with van der Waals surface area (Å²) in [6.45, 7) is 2.85. The maximum atomic E-state index is 13.2. The fourth-order valence-corrected chi connectivity index (χ4v) is 2.88. The van der Waals surface area contributed by atoms with Gasteiger partial charge in [0.25, 0.3) is 0 Å². The first kappa shape index (κ1) is 13.2. The number of hydrogen-bond acceptors (Lipinski definition) is 3. The Labute approximate surface area is 118 Å². The van der Waals surface area contributed by atoms with Gasteiger partial charge in [0.2, 0.25) is 0 Å². The number of piperidine rings is 1. The van der Waals surface area contributed by atoms with Gasteiger partial charge < -0.3 is 0 Å². The lowest BCUT2D eigenvalue weighted by Crippen LogP contribution is -2.34. The van der Waals surface area contributed by atoms with E-state index in [2.05, 4.69) is 14.9 Å². The van der Waals surface area contributed by atoms with Crippen molar-refractivity contribution >= 4 is 0 Å². The summed E-state index contributed by atoms with van der Waals surface area (Å²) in [4.78, 5) is 10.7. The first-order valence-corrected chi connectivity index (χ1v) is 7.04. The van der Waals surface area contributed by atoms with E-state index in [0.29, 0.717) is 5.92 Å². The van der Waals surface area contributed by atoms with Crippen LogP contribution >= 0.6 is 0 Å². The summed E-state index contributed by atoms with van der Waals surface area (Å²) in [6, 6.07) is 8.86. The van der Waals surface area contributed by atoms with Crippen LogP contribution in [0, 0.1) is 5.82 Å². The molecule has 2 aromatic rings. The summed E-state index contributed by atoms with van der Waals surface area (Å²) in [5, 5.41) is 0. The van der Waals surface area contributed by atoms with Crippen LogP contribution < -0.4 is 0 Å². The van der Waals surface area contributed by atoms with Gasteiger partial charge in [0.15, 0.2) is 0 Å². The third-order valence-electron chi connectivity index (χ3n) is 3.82. The molecule has 104 valence electrons. The fraction of sp³-hybridized carbons (Fsp3) is 0.375. The largest absolute Gasteiger partial charge is 0.298 e. The molecule has 1 aliphatic heterocycles. The lowest BCUT2D eigenvalue weighted by atomic mass is 9.94. The minimum atomic E-state index is -0.160. The number of likely N-dealkylation sites (tertiary alicyclic amines) is 1. The molecular weight excluding hydrogens is 253 g/mol. The summed E-state index contributed by atoms with van der Waals surface area (Å²) < 4.78 is 13.2. The molecule has 3 rings (SSSR count). The molecule has 0 aliphatic carbocycles. The predicted molar refractivity (Wildman–Crippen MR) is 75.7 cm³/mol. The summed E-state index contributed by atoms with van der Waals surface area (Å²) >= 11 is 0. The molecule has 1 aromatic carbocycles. The van der Waals surface area contributed by atoms with Crippen LogP contribution in [0.25, 0.3) is 0 Å². The Morgan fingerprint density at radius 2 is 2.25 bits per heavy atom. The van der Waals surface area contributed by atoms with E-state index < -0.39 is 0 Å². The predicted octanol–water partition coefficient (Wildman–Crippen LogP) is 3.00. The molecule has 0 saturated carbocycles. The van der Waals surface area contributed by atoms with Gasteiger partial charge in [-0.1, -0.05) is 12.1 Å². The van der Waals surface area contributed by atoms with E-state index in [1.54, 1.807) is 24.7 Å². The molecular formula is C16H18FN3. The van der Waals surface area contributed by atoms with Crippen molar-refractivity contribution in [2.75, 3.05) is 13.1 Å². The van der Waals surface area contributed by atoms with Crippen molar-refractivity contribution in [1.82, 2.24) is 14.9 Å². The molecule has 3 nitrogen and oxygen atoms in total. The molecule has 0 radical (unpaired) electrons. The van der Waals surface area contributed by atoms with E-state index in [9.17, 15) is 4.39 Å². The van der Waals surface area contributed by atoms with Gasteiger partial charge in [0.1, 0.15) is 12.1 Å². The van der Waals surface area contributed by atoms with E-state index in [0.717, 1.165) is 43.7 Å². The highest BCUT2D eigenvalue weighted by Gasteiger charge is 2.22. The number of hydrogen-bond donors (Lipinski definition) is 0. The third-order valence-corrected chi connectivity index (χ3v) is 3.82. The fourth-order valence-electron chi connectivity index (χ4n) is 2.88. The smallest absolute Gasteiger partial charge is 0.123 e. The Bertz CT molecular complexity index is 559. The Hall–Kier alpha value is -1.81. The number of halogens is 1. The van der Waals surface area contributed by atoms with Crippen molar-refractivity contribution in [1.29, 1.82) is 0 Å². The number of rotatable bonds is 3. The number of benzene rings is 1. The van der Waals surface area contributed by atoms with Crippen LogP contribution in [-0.2, 0) is 6.54 Å². The SMILES string of the molecule is Fc1cccc(CN2CCCC(c3ccncn3)C2)c1. The summed E-state index contributed by atoms with van der Waals surface area (Å²) in [5.41, 5.74) is 2.15. The van der Waals surface area contributed by atoms with Gasteiger partial charge in [-0.15, -0.1) is 0 Å². The lowest BCUT2D eigenvalue weighted by Gasteiger charge is -2.32. The van der Waals surface area contributed by atoms with Crippen LogP contribution in [0.4, 0.5) is 4.39 Å². The first-order valence-electron chi connectivity index (χ1n) is 7.04. The molecule has 1 aromatic heterocycles. The molecule has 1 atom stereocenters. The van der Waals surface area contributed by atoms with Crippen molar-refractivity contribution in [3.05, 3.63) is 59.9 Å². The minimum Gasteiger partial charge on any atom is -0.298 e. The monoisotopic (exact) mass is 271 g/mol. The van der Waals surface area contributed by atoms with Crippen LogP contribution in [0.5, 0.6) is 0 Å². The Morgan fingerprint density at radius 1 is 1.30 bits per heavy atom. The highest BCUT2D eigenvalue weighted by molar-refractivity contribution is 5.16. The molecule has 0 amide bonds. The van der Waals surface area contributed by atoms with Gasteiger partial charge in [-0.2, -0.15) is 0 Å². The van der Waals surface area contributed by atoms with E-state index >= 15 is 0 Å². The van der Waals surface area contributed by atoms with Gasteiger partial charge in [-0.25, -0.2) is 14.4 Å². The minimum absolute atomic E-state index is 0.160. The quantitative estimate of drug-likeness (QED) is 0.859. The molecule has 1 unspecified atom stereocenters. The topological polar surface area (TPSA) is 29.0 Å². The second-order valence-electron chi connectivity index (χ2n) is 5.34. The van der Waals surface area contributed by atoms with Gasteiger partial charge in [-0.05, 0) is 43.1 Å². The maximum Gasteiger partial charge on any atom is 0.123 e. The summed E-state index contributed by atoms with van der Waals surface area (Å²) in [5.74, 6) is 0.298. The highest BCUT2D eigenvalue weighted by atomic mass is 19.1. The van der Waals surface area contributed by atoms with E-state index in [-0.39, 0.29) is 5.82 Å². The average Bonchev–Trinajstić information content (AvgIpc) is 2.48.